The van der Waals surface area contributed by atoms with Gasteiger partial charge in [-0.1, -0.05) is 0 Å². The van der Waals surface area contributed by atoms with E-state index in [0.29, 0.717) is 16.4 Å². The van der Waals surface area contributed by atoms with Crippen molar-refractivity contribution >= 4 is 22.0 Å². The summed E-state index contributed by atoms with van der Waals surface area (Å²) in [5.74, 6) is 0.449. The zero-order valence-electron chi connectivity index (χ0n) is 12.0. The number of benzene rings is 1. The monoisotopic (exact) mass is 333 g/mol. The average Bonchev–Trinajstić information content (AvgIpc) is 3.01. The van der Waals surface area contributed by atoms with Crippen molar-refractivity contribution in [2.45, 2.75) is 6.61 Å². The zero-order valence-corrected chi connectivity index (χ0v) is 12.8. The van der Waals surface area contributed by atoms with Gasteiger partial charge in [0, 0.05) is 17.6 Å². The van der Waals surface area contributed by atoms with Crippen LogP contribution < -0.4 is 15.0 Å². The molecule has 3 rings (SSSR count). The minimum atomic E-state index is -0.553. The summed E-state index contributed by atoms with van der Waals surface area (Å²) in [4.78, 5) is 27.2. The van der Waals surface area contributed by atoms with E-state index in [2.05, 4.69) is 4.98 Å². The Kier molecular flexibility index (Phi) is 3.94. The van der Waals surface area contributed by atoms with Crippen molar-refractivity contribution in [1.82, 2.24) is 9.38 Å². The van der Waals surface area contributed by atoms with Crippen molar-refractivity contribution in [3.63, 3.8) is 0 Å². The molecular weight excluding hydrogens is 322 g/mol. The standard InChI is InChI=1S/C14H11N3O5S/c1-21-10-2-3-12(11(7-10)17(19)20)22-8-9-6-13(18)16-4-5-23-14(16)15-9/h2-7H,8H2,1H3. The van der Waals surface area contributed by atoms with Gasteiger partial charge in [0.2, 0.25) is 0 Å². The fourth-order valence-corrected chi connectivity index (χ4v) is 2.74. The number of fused-ring (bicyclic) bond motifs is 1. The average molecular weight is 333 g/mol. The molecule has 0 radical (unpaired) electrons. The Morgan fingerprint density at radius 3 is 2.96 bits per heavy atom. The Balaban J connectivity index is 1.87. The maximum Gasteiger partial charge on any atom is 0.314 e. The maximum absolute atomic E-state index is 11.9. The van der Waals surface area contributed by atoms with E-state index in [1.807, 2.05) is 0 Å². The molecule has 0 aliphatic heterocycles. The lowest BCUT2D eigenvalue weighted by Gasteiger charge is -2.07. The molecule has 0 bridgehead atoms. The van der Waals surface area contributed by atoms with Crippen LogP contribution in [0.2, 0.25) is 0 Å². The van der Waals surface area contributed by atoms with Crippen LogP contribution in [0, 0.1) is 10.1 Å². The molecule has 0 saturated carbocycles. The summed E-state index contributed by atoms with van der Waals surface area (Å²) < 4.78 is 11.8. The first-order valence-electron chi connectivity index (χ1n) is 6.49. The Morgan fingerprint density at radius 2 is 2.22 bits per heavy atom. The lowest BCUT2D eigenvalue weighted by Crippen LogP contribution is -2.14. The number of aromatic nitrogens is 2. The van der Waals surface area contributed by atoms with Crippen molar-refractivity contribution in [3.8, 4) is 11.5 Å². The van der Waals surface area contributed by atoms with E-state index < -0.39 is 4.92 Å². The van der Waals surface area contributed by atoms with Crippen LogP contribution in [0.25, 0.3) is 4.96 Å². The minimum Gasteiger partial charge on any atom is -0.496 e. The van der Waals surface area contributed by atoms with Crippen LogP contribution in [-0.4, -0.2) is 21.4 Å². The molecule has 1 aromatic carbocycles. The van der Waals surface area contributed by atoms with Crippen LogP contribution in [0.15, 0.2) is 40.6 Å². The molecule has 0 aliphatic rings. The molecule has 3 aromatic rings. The number of ether oxygens (including phenoxy) is 2. The smallest absolute Gasteiger partial charge is 0.314 e. The van der Waals surface area contributed by atoms with Gasteiger partial charge in [-0.05, 0) is 12.1 Å². The molecule has 8 nitrogen and oxygen atoms in total. The highest BCUT2D eigenvalue weighted by molar-refractivity contribution is 7.15. The molecule has 0 spiro atoms. The Morgan fingerprint density at radius 1 is 1.39 bits per heavy atom. The highest BCUT2D eigenvalue weighted by Gasteiger charge is 2.17. The number of methoxy groups -OCH3 is 1. The van der Waals surface area contributed by atoms with Crippen LogP contribution >= 0.6 is 11.3 Å². The van der Waals surface area contributed by atoms with E-state index in [1.165, 1.54) is 41.0 Å². The maximum atomic E-state index is 11.9. The molecule has 0 N–H and O–H groups in total. The fourth-order valence-electron chi connectivity index (χ4n) is 2.00. The number of thiazole rings is 1. The topological polar surface area (TPSA) is 96.0 Å². The van der Waals surface area contributed by atoms with Crippen LogP contribution in [0.4, 0.5) is 5.69 Å². The summed E-state index contributed by atoms with van der Waals surface area (Å²) in [6, 6.07) is 5.63. The lowest BCUT2D eigenvalue weighted by atomic mass is 10.3. The third-order valence-corrected chi connectivity index (χ3v) is 3.85. The first-order valence-corrected chi connectivity index (χ1v) is 7.37. The van der Waals surface area contributed by atoms with Gasteiger partial charge in [-0.3, -0.25) is 19.3 Å². The highest BCUT2D eigenvalue weighted by Crippen LogP contribution is 2.31. The van der Waals surface area contributed by atoms with Crippen LogP contribution in [-0.2, 0) is 6.61 Å². The summed E-state index contributed by atoms with van der Waals surface area (Å²) in [6.07, 6.45) is 1.63. The van der Waals surface area contributed by atoms with Crippen LogP contribution in [0.5, 0.6) is 11.5 Å². The van der Waals surface area contributed by atoms with E-state index in [4.69, 9.17) is 9.47 Å². The second kappa shape index (κ2) is 6.05. The second-order valence-electron chi connectivity index (χ2n) is 4.52. The number of hydrogen-bond acceptors (Lipinski definition) is 7. The summed E-state index contributed by atoms with van der Waals surface area (Å²) in [6.45, 7) is -0.0448. The van der Waals surface area contributed by atoms with E-state index in [0.717, 1.165) is 0 Å². The number of nitrogens with zero attached hydrogens (tertiary/aromatic N) is 3. The number of rotatable bonds is 5. The molecular formula is C14H11N3O5S. The van der Waals surface area contributed by atoms with Gasteiger partial charge >= 0.3 is 5.69 Å². The van der Waals surface area contributed by atoms with Crippen molar-refractivity contribution in [1.29, 1.82) is 0 Å². The molecule has 0 fully saturated rings. The Labute approximate surface area is 133 Å². The molecule has 0 saturated heterocycles. The zero-order chi connectivity index (χ0) is 16.4. The fraction of sp³-hybridized carbons (Fsp3) is 0.143. The minimum absolute atomic E-state index is 0.0448. The van der Waals surface area contributed by atoms with E-state index >= 15 is 0 Å². The summed E-state index contributed by atoms with van der Waals surface area (Å²) in [7, 11) is 1.42. The summed E-state index contributed by atoms with van der Waals surface area (Å²) in [5, 5.41) is 12.9. The van der Waals surface area contributed by atoms with Crippen LogP contribution in [0.1, 0.15) is 5.69 Å². The predicted molar refractivity (Wildman–Crippen MR) is 83.3 cm³/mol. The van der Waals surface area contributed by atoms with Crippen molar-refractivity contribution in [3.05, 3.63) is 62.0 Å². The predicted octanol–water partition coefficient (Wildman–Crippen LogP) is 2.25. The van der Waals surface area contributed by atoms with Gasteiger partial charge in [-0.25, -0.2) is 4.98 Å². The summed E-state index contributed by atoms with van der Waals surface area (Å²) >= 11 is 1.32. The molecule has 2 aromatic heterocycles. The highest BCUT2D eigenvalue weighted by atomic mass is 32.1. The Bertz CT molecular complexity index is 934. The third kappa shape index (κ3) is 2.99. The van der Waals surface area contributed by atoms with Crippen LogP contribution in [0.3, 0.4) is 0 Å². The van der Waals surface area contributed by atoms with Gasteiger partial charge in [-0.2, -0.15) is 0 Å². The first-order chi connectivity index (χ1) is 11.1. The Hall–Kier alpha value is -2.94. The van der Waals surface area contributed by atoms with Gasteiger partial charge in [0.25, 0.3) is 5.56 Å². The van der Waals surface area contributed by atoms with E-state index in [9.17, 15) is 14.9 Å². The number of nitro groups is 1. The SMILES string of the molecule is COc1ccc(OCc2cc(=O)n3ccsc3n2)c([N+](=O)[O-])c1. The van der Waals surface area contributed by atoms with Crippen molar-refractivity contribution < 1.29 is 14.4 Å². The van der Waals surface area contributed by atoms with Crippen molar-refractivity contribution in [2.24, 2.45) is 0 Å². The largest absolute Gasteiger partial charge is 0.496 e. The van der Waals surface area contributed by atoms with Gasteiger partial charge in [0.1, 0.15) is 12.4 Å². The molecule has 0 atom stereocenters. The van der Waals surface area contributed by atoms with E-state index in [1.54, 1.807) is 17.6 Å². The molecule has 9 heteroatoms. The molecule has 0 aliphatic carbocycles. The molecule has 0 amide bonds. The summed E-state index contributed by atoms with van der Waals surface area (Å²) in [5.41, 5.74) is -0.0279. The second-order valence-corrected chi connectivity index (χ2v) is 5.39. The molecule has 118 valence electrons. The van der Waals surface area contributed by atoms with Gasteiger partial charge in [0.15, 0.2) is 10.7 Å². The van der Waals surface area contributed by atoms with Crippen molar-refractivity contribution in [2.75, 3.05) is 7.11 Å². The van der Waals surface area contributed by atoms with Gasteiger partial charge in [0.05, 0.1) is 23.8 Å². The molecule has 2 heterocycles. The quantitative estimate of drug-likeness (QED) is 0.525. The lowest BCUT2D eigenvalue weighted by molar-refractivity contribution is -0.386. The van der Waals surface area contributed by atoms with E-state index in [-0.39, 0.29) is 23.6 Å². The number of hydrogen-bond donors (Lipinski definition) is 0. The molecule has 0 unspecified atom stereocenters. The number of nitro benzene ring substituents is 1. The van der Waals surface area contributed by atoms with Gasteiger partial charge < -0.3 is 9.47 Å². The normalized spacial score (nSPS) is 10.7. The first kappa shape index (κ1) is 15.0. The molecule has 23 heavy (non-hydrogen) atoms. The third-order valence-electron chi connectivity index (χ3n) is 3.09. The van der Waals surface area contributed by atoms with Gasteiger partial charge in [-0.15, -0.1) is 11.3 Å².